The van der Waals surface area contributed by atoms with Gasteiger partial charge in [-0.1, -0.05) is 29.8 Å². The maximum Gasteiger partial charge on any atom is 0.338 e. The number of pyridine rings is 1. The summed E-state index contributed by atoms with van der Waals surface area (Å²) < 4.78 is 4.89. The number of allylic oxidation sites excluding steroid dienone is 1. The zero-order valence-corrected chi connectivity index (χ0v) is 19.9. The fourth-order valence-electron chi connectivity index (χ4n) is 3.94. The van der Waals surface area contributed by atoms with Crippen LogP contribution in [0.25, 0.3) is 0 Å². The number of halogens is 1. The lowest BCUT2D eigenvalue weighted by atomic mass is 9.85. The summed E-state index contributed by atoms with van der Waals surface area (Å²) in [5.74, 6) is -1.95. The predicted molar refractivity (Wildman–Crippen MR) is 126 cm³/mol. The van der Waals surface area contributed by atoms with Crippen LogP contribution < -0.4 is 5.73 Å². The smallest absolute Gasteiger partial charge is 0.338 e. The number of benzene rings is 1. The number of rotatable bonds is 8. The van der Waals surface area contributed by atoms with E-state index in [1.165, 1.54) is 36.2 Å². The molecule has 1 atom stereocenters. The molecule has 0 bridgehead atoms. The van der Waals surface area contributed by atoms with Crippen LogP contribution in [0.3, 0.4) is 0 Å². The molecule has 0 aliphatic carbocycles. The third-order valence-corrected chi connectivity index (χ3v) is 5.85. The predicted octanol–water partition coefficient (Wildman–Crippen LogP) is 2.98. The molecule has 2 aromatic rings. The lowest BCUT2D eigenvalue weighted by Crippen LogP contribution is -2.43. The molecule has 2 heterocycles. The number of nitro benzene ring substituents is 1. The largest absolute Gasteiger partial charge is 0.466 e. The number of methoxy groups -OCH3 is 1. The quantitative estimate of drug-likeness (QED) is 0.246. The number of ether oxygens (including phenoxy) is 1. The maximum atomic E-state index is 12.7. The van der Waals surface area contributed by atoms with Crippen LogP contribution in [0.5, 0.6) is 0 Å². The minimum absolute atomic E-state index is 0.0338. The lowest BCUT2D eigenvalue weighted by molar-refractivity contribution is -0.433. The van der Waals surface area contributed by atoms with Crippen molar-refractivity contribution in [3.05, 3.63) is 102 Å². The Labute approximate surface area is 205 Å². The number of hydrogen-bond acceptors (Lipinski definition) is 10. The third-order valence-electron chi connectivity index (χ3n) is 5.63. The summed E-state index contributed by atoms with van der Waals surface area (Å²) >= 11 is 5.87. The average molecular weight is 503 g/mol. The Morgan fingerprint density at radius 3 is 2.34 bits per heavy atom. The molecule has 2 N–H and O–H groups in total. The molecular formula is C22H23ClN6O6. The van der Waals surface area contributed by atoms with E-state index < -0.39 is 21.7 Å². The molecule has 1 aromatic heterocycles. The molecule has 3 rings (SSSR count). The number of carbonyl (C=O) groups excluding carboxylic acids is 1. The van der Waals surface area contributed by atoms with Crippen molar-refractivity contribution in [3.8, 4) is 0 Å². The topological polar surface area (TPSA) is 158 Å². The third kappa shape index (κ3) is 5.01. The molecular weight excluding hydrogens is 480 g/mol. The van der Waals surface area contributed by atoms with Crippen LogP contribution in [-0.4, -0.2) is 51.3 Å². The summed E-state index contributed by atoms with van der Waals surface area (Å²) in [4.78, 5) is 42.3. The Balaban J connectivity index is 2.23. The molecule has 0 saturated heterocycles. The summed E-state index contributed by atoms with van der Waals surface area (Å²) in [7, 11) is 2.67. The number of nitrogens with zero attached hydrogens (tertiary/aromatic N) is 5. The maximum absolute atomic E-state index is 12.7. The van der Waals surface area contributed by atoms with Gasteiger partial charge in [0.15, 0.2) is 5.82 Å². The van der Waals surface area contributed by atoms with Crippen molar-refractivity contribution >= 4 is 23.3 Å². The summed E-state index contributed by atoms with van der Waals surface area (Å²) in [6.45, 7) is 2.41. The van der Waals surface area contributed by atoms with Crippen molar-refractivity contribution in [3.63, 3.8) is 0 Å². The Morgan fingerprint density at radius 2 is 1.86 bits per heavy atom. The second-order valence-electron chi connectivity index (χ2n) is 7.60. The molecule has 0 saturated carbocycles. The van der Waals surface area contributed by atoms with E-state index in [1.54, 1.807) is 23.2 Å². The number of nitrogens with two attached hydrogens (primary N) is 1. The van der Waals surface area contributed by atoms with Gasteiger partial charge in [-0.2, -0.15) is 0 Å². The van der Waals surface area contributed by atoms with Crippen LogP contribution in [0, 0.1) is 20.2 Å². The van der Waals surface area contributed by atoms with Crippen molar-refractivity contribution in [1.82, 2.24) is 14.8 Å². The fourth-order valence-corrected chi connectivity index (χ4v) is 4.06. The number of non-ortho nitro benzene ring substituents is 1. The monoisotopic (exact) mass is 502 g/mol. The number of carbonyl (C=O) groups is 1. The highest BCUT2D eigenvalue weighted by atomic mass is 35.5. The fraction of sp³-hybridized carbons (Fsp3) is 0.273. The van der Waals surface area contributed by atoms with Crippen molar-refractivity contribution in [2.75, 3.05) is 20.7 Å². The highest BCUT2D eigenvalue weighted by Gasteiger charge is 2.46. The summed E-state index contributed by atoms with van der Waals surface area (Å²) in [6.07, 6.45) is 1.56. The number of hydrogen-bond donors (Lipinski definition) is 1. The summed E-state index contributed by atoms with van der Waals surface area (Å²) in [5, 5.41) is 23.9. The van der Waals surface area contributed by atoms with Gasteiger partial charge in [0, 0.05) is 38.5 Å². The molecule has 0 radical (unpaired) electrons. The zero-order chi connectivity index (χ0) is 25.9. The summed E-state index contributed by atoms with van der Waals surface area (Å²) in [6, 6.07) is 8.52. The molecule has 1 aliphatic heterocycles. The van der Waals surface area contributed by atoms with E-state index in [-0.39, 0.29) is 40.7 Å². The van der Waals surface area contributed by atoms with Crippen LogP contribution in [0.2, 0.25) is 5.15 Å². The van der Waals surface area contributed by atoms with E-state index in [9.17, 15) is 25.0 Å². The van der Waals surface area contributed by atoms with Gasteiger partial charge in [-0.3, -0.25) is 20.2 Å². The van der Waals surface area contributed by atoms with Gasteiger partial charge >= 0.3 is 5.97 Å². The Kier molecular flexibility index (Phi) is 7.55. The molecule has 184 valence electrons. The molecule has 13 heteroatoms. The first kappa shape index (κ1) is 25.4. The number of nitro groups is 2. The Hall–Kier alpha value is -4.19. The average Bonchev–Trinajstić information content (AvgIpc) is 2.84. The van der Waals surface area contributed by atoms with E-state index in [2.05, 4.69) is 4.98 Å². The first-order valence-corrected chi connectivity index (χ1v) is 10.8. The van der Waals surface area contributed by atoms with Crippen LogP contribution in [0.15, 0.2) is 65.5 Å². The van der Waals surface area contributed by atoms with Gasteiger partial charge in [-0.25, -0.2) is 9.78 Å². The van der Waals surface area contributed by atoms with Crippen LogP contribution in [0.1, 0.15) is 24.0 Å². The van der Waals surface area contributed by atoms with Crippen LogP contribution >= 0.6 is 11.6 Å². The minimum Gasteiger partial charge on any atom is -0.466 e. The van der Waals surface area contributed by atoms with Crippen molar-refractivity contribution in [1.29, 1.82) is 0 Å². The van der Waals surface area contributed by atoms with Crippen molar-refractivity contribution < 1.29 is 19.4 Å². The highest BCUT2D eigenvalue weighted by Crippen LogP contribution is 2.42. The van der Waals surface area contributed by atoms with Gasteiger partial charge in [0.05, 0.1) is 22.5 Å². The second-order valence-corrected chi connectivity index (χ2v) is 7.99. The first-order valence-electron chi connectivity index (χ1n) is 10.4. The standard InChI is InChI=1S/C22H23ClN6O6/c1-4-27(12-13-5-10-16(23)25-11-13)21-19(29(33)34)17(14-6-8-15(9-7-14)28(31)32)18(22(30)35-3)20(24)26(21)2/h5-11,17H,4,12,24H2,1-3H3. The van der Waals surface area contributed by atoms with Crippen molar-refractivity contribution in [2.45, 2.75) is 19.4 Å². The van der Waals surface area contributed by atoms with Gasteiger partial charge in [-0.05, 0) is 24.1 Å². The number of esters is 1. The van der Waals surface area contributed by atoms with Crippen LogP contribution in [-0.2, 0) is 16.1 Å². The van der Waals surface area contributed by atoms with Crippen LogP contribution in [0.4, 0.5) is 5.69 Å². The highest BCUT2D eigenvalue weighted by molar-refractivity contribution is 6.29. The van der Waals surface area contributed by atoms with Crippen molar-refractivity contribution in [2.24, 2.45) is 5.73 Å². The molecule has 0 spiro atoms. The second kappa shape index (κ2) is 10.4. The molecule has 1 aromatic carbocycles. The molecule has 1 aliphatic rings. The van der Waals surface area contributed by atoms with Gasteiger partial charge in [-0.15, -0.1) is 0 Å². The normalized spacial score (nSPS) is 15.8. The number of aromatic nitrogens is 1. The van der Waals surface area contributed by atoms with E-state index in [0.717, 1.165) is 12.7 Å². The molecule has 1 unspecified atom stereocenters. The lowest BCUT2D eigenvalue weighted by Gasteiger charge is -2.38. The van der Waals surface area contributed by atoms with E-state index >= 15 is 0 Å². The molecule has 0 amide bonds. The SMILES string of the molecule is CCN(Cc1ccc(Cl)nc1)C1=C([N+](=O)[O-])C(c2ccc([N+](=O)[O-])cc2)C(C(=O)OC)=C(N)N1C. The van der Waals surface area contributed by atoms with E-state index in [0.29, 0.717) is 11.7 Å². The molecule has 12 nitrogen and oxygen atoms in total. The molecule has 35 heavy (non-hydrogen) atoms. The van der Waals surface area contributed by atoms with Gasteiger partial charge in [0.2, 0.25) is 0 Å². The zero-order valence-electron chi connectivity index (χ0n) is 19.2. The Morgan fingerprint density at radius 1 is 1.20 bits per heavy atom. The van der Waals surface area contributed by atoms with Gasteiger partial charge < -0.3 is 20.3 Å². The van der Waals surface area contributed by atoms with E-state index in [4.69, 9.17) is 22.1 Å². The first-order chi connectivity index (χ1) is 16.6. The molecule has 0 fully saturated rings. The summed E-state index contributed by atoms with van der Waals surface area (Å²) in [5.41, 5.74) is 6.71. The van der Waals surface area contributed by atoms with Gasteiger partial charge in [0.25, 0.3) is 11.4 Å². The Bertz CT molecular complexity index is 1210. The minimum atomic E-state index is -1.23. The van der Waals surface area contributed by atoms with Gasteiger partial charge in [0.1, 0.15) is 16.9 Å². The van der Waals surface area contributed by atoms with E-state index in [1.807, 2.05) is 6.92 Å².